The van der Waals surface area contributed by atoms with Gasteiger partial charge in [0.2, 0.25) is 0 Å². The lowest BCUT2D eigenvalue weighted by atomic mass is 10.0. The van der Waals surface area contributed by atoms with E-state index in [9.17, 15) is 0 Å². The van der Waals surface area contributed by atoms with Gasteiger partial charge in [-0.05, 0) is 42.5 Å². The van der Waals surface area contributed by atoms with Crippen molar-refractivity contribution in [2.45, 2.75) is 18.7 Å². The minimum atomic E-state index is 0.488. The van der Waals surface area contributed by atoms with Crippen molar-refractivity contribution in [2.24, 2.45) is 5.92 Å². The van der Waals surface area contributed by atoms with Crippen molar-refractivity contribution in [3.63, 3.8) is 0 Å². The van der Waals surface area contributed by atoms with Crippen molar-refractivity contribution >= 4 is 28.9 Å². The van der Waals surface area contributed by atoms with E-state index in [4.69, 9.17) is 27.9 Å². The first-order valence-corrected chi connectivity index (χ1v) is 7.25. The van der Waals surface area contributed by atoms with Crippen LogP contribution in [-0.4, -0.2) is 26.8 Å². The maximum atomic E-state index is 5.99. The van der Waals surface area contributed by atoms with Crippen LogP contribution in [0.15, 0.2) is 18.2 Å². The molecule has 0 aliphatic carbocycles. The molecule has 0 saturated carbocycles. The lowest BCUT2D eigenvalue weighted by molar-refractivity contribution is 0.0576. The van der Waals surface area contributed by atoms with Crippen molar-refractivity contribution in [1.29, 1.82) is 0 Å². The second-order valence-corrected chi connectivity index (χ2v) is 5.57. The van der Waals surface area contributed by atoms with Gasteiger partial charge in [0.05, 0.1) is 6.61 Å². The highest BCUT2D eigenvalue weighted by atomic mass is 35.5. The average Bonchev–Trinajstić information content (AvgIpc) is 2.39. The second kappa shape index (κ2) is 6.65. The van der Waals surface area contributed by atoms with Gasteiger partial charge in [-0.1, -0.05) is 11.6 Å². The van der Waals surface area contributed by atoms with E-state index in [1.54, 1.807) is 0 Å². The van der Waals surface area contributed by atoms with Crippen LogP contribution in [-0.2, 0) is 10.6 Å². The molecule has 0 bridgehead atoms. The summed E-state index contributed by atoms with van der Waals surface area (Å²) in [4.78, 5) is 2.26. The summed E-state index contributed by atoms with van der Waals surface area (Å²) in [5, 5.41) is 0.740. The van der Waals surface area contributed by atoms with Crippen LogP contribution in [0.3, 0.4) is 0 Å². The van der Waals surface area contributed by atoms with Crippen molar-refractivity contribution in [3.05, 3.63) is 28.8 Å². The molecular weight excluding hydrogens is 269 g/mol. The highest BCUT2D eigenvalue weighted by Gasteiger charge is 2.17. The zero-order valence-corrected chi connectivity index (χ0v) is 12.2. The van der Waals surface area contributed by atoms with Crippen LogP contribution >= 0.6 is 23.2 Å². The quantitative estimate of drug-likeness (QED) is 0.778. The van der Waals surface area contributed by atoms with Gasteiger partial charge in [0.25, 0.3) is 0 Å². The van der Waals surface area contributed by atoms with E-state index in [0.29, 0.717) is 11.8 Å². The van der Waals surface area contributed by atoms with Gasteiger partial charge in [-0.2, -0.15) is 0 Å². The van der Waals surface area contributed by atoms with Crippen molar-refractivity contribution in [2.75, 3.05) is 31.7 Å². The Kier molecular flexibility index (Phi) is 5.16. The molecular formula is C14H19Cl2NO. The summed E-state index contributed by atoms with van der Waals surface area (Å²) in [6.45, 7) is 2.79. The molecule has 1 fully saturated rings. The average molecular weight is 288 g/mol. The third-order valence-corrected chi connectivity index (χ3v) is 3.91. The molecule has 1 heterocycles. The monoisotopic (exact) mass is 287 g/mol. The minimum Gasteiger partial charge on any atom is -0.381 e. The Morgan fingerprint density at radius 3 is 2.94 bits per heavy atom. The van der Waals surface area contributed by atoms with Crippen LogP contribution in [0.5, 0.6) is 0 Å². The number of alkyl halides is 1. The number of benzene rings is 1. The summed E-state index contributed by atoms with van der Waals surface area (Å²) in [5.74, 6) is 1.10. The Morgan fingerprint density at radius 1 is 1.44 bits per heavy atom. The molecule has 1 saturated heterocycles. The lowest BCUT2D eigenvalue weighted by Gasteiger charge is -2.29. The van der Waals surface area contributed by atoms with Crippen molar-refractivity contribution < 1.29 is 4.74 Å². The number of nitrogens with zero attached hydrogens (tertiary/aromatic N) is 1. The van der Waals surface area contributed by atoms with Gasteiger partial charge in [-0.15, -0.1) is 11.6 Å². The van der Waals surface area contributed by atoms with Gasteiger partial charge >= 0.3 is 0 Å². The summed E-state index contributed by atoms with van der Waals surface area (Å²) in [6.07, 6.45) is 2.41. The molecule has 4 heteroatoms. The molecule has 1 aromatic rings. The maximum Gasteiger partial charge on any atom is 0.0511 e. The molecule has 2 rings (SSSR count). The molecule has 0 radical (unpaired) electrons. The first kappa shape index (κ1) is 14.0. The van der Waals surface area contributed by atoms with Crippen LogP contribution < -0.4 is 4.90 Å². The van der Waals surface area contributed by atoms with E-state index in [1.165, 1.54) is 18.5 Å². The van der Waals surface area contributed by atoms with Gasteiger partial charge in [0.1, 0.15) is 0 Å². The lowest BCUT2D eigenvalue weighted by Crippen LogP contribution is -2.31. The van der Waals surface area contributed by atoms with Crippen molar-refractivity contribution in [3.8, 4) is 0 Å². The largest absolute Gasteiger partial charge is 0.381 e. The number of hydrogen-bond acceptors (Lipinski definition) is 2. The smallest absolute Gasteiger partial charge is 0.0511 e. The molecule has 18 heavy (non-hydrogen) atoms. The molecule has 0 amide bonds. The minimum absolute atomic E-state index is 0.488. The second-order valence-electron chi connectivity index (χ2n) is 4.87. The van der Waals surface area contributed by atoms with Crippen LogP contribution in [0.1, 0.15) is 18.4 Å². The molecule has 0 aromatic heterocycles. The molecule has 1 aliphatic rings. The van der Waals surface area contributed by atoms with E-state index in [1.807, 2.05) is 18.2 Å². The predicted octanol–water partition coefficient (Wildman–Crippen LogP) is 3.94. The SMILES string of the molecule is CN(CC1CCCOC1)c1ccc(Cl)cc1CCl. The number of ether oxygens (including phenoxy) is 1. The third-order valence-electron chi connectivity index (χ3n) is 3.38. The van der Waals surface area contributed by atoms with Gasteiger partial charge in [0, 0.05) is 36.8 Å². The highest BCUT2D eigenvalue weighted by molar-refractivity contribution is 6.30. The highest BCUT2D eigenvalue weighted by Crippen LogP contribution is 2.26. The maximum absolute atomic E-state index is 5.99. The molecule has 1 unspecified atom stereocenters. The van der Waals surface area contributed by atoms with E-state index in [-0.39, 0.29) is 0 Å². The fraction of sp³-hybridized carbons (Fsp3) is 0.571. The standard InChI is InChI=1S/C14H19Cl2NO/c1-17(9-11-3-2-6-18-10-11)14-5-4-13(16)7-12(14)8-15/h4-5,7,11H,2-3,6,8-10H2,1H3. The molecule has 0 N–H and O–H groups in total. The Hall–Kier alpha value is -0.440. The Bertz CT molecular complexity index is 391. The topological polar surface area (TPSA) is 12.5 Å². The predicted molar refractivity (Wildman–Crippen MR) is 77.8 cm³/mol. The first-order chi connectivity index (χ1) is 8.70. The van der Waals surface area contributed by atoms with Gasteiger partial charge in [0.15, 0.2) is 0 Å². The number of anilines is 1. The number of hydrogen-bond donors (Lipinski definition) is 0. The fourth-order valence-electron chi connectivity index (χ4n) is 2.47. The molecule has 1 atom stereocenters. The first-order valence-electron chi connectivity index (χ1n) is 6.34. The van der Waals surface area contributed by atoms with Crippen molar-refractivity contribution in [1.82, 2.24) is 0 Å². The van der Waals surface area contributed by atoms with Crippen LogP contribution in [0.25, 0.3) is 0 Å². The Balaban J connectivity index is 2.05. The molecule has 100 valence electrons. The van der Waals surface area contributed by atoms with Gasteiger partial charge in [-0.3, -0.25) is 0 Å². The Labute approximate surface area is 119 Å². The summed E-state index contributed by atoms with van der Waals surface area (Å²) >= 11 is 12.0. The molecule has 0 spiro atoms. The normalized spacial score (nSPS) is 19.8. The van der Waals surface area contributed by atoms with E-state index >= 15 is 0 Å². The van der Waals surface area contributed by atoms with E-state index < -0.39 is 0 Å². The van der Waals surface area contributed by atoms with Gasteiger partial charge in [-0.25, -0.2) is 0 Å². The zero-order valence-electron chi connectivity index (χ0n) is 10.7. The zero-order chi connectivity index (χ0) is 13.0. The van der Waals surface area contributed by atoms with E-state index in [2.05, 4.69) is 11.9 Å². The number of halogens is 2. The van der Waals surface area contributed by atoms with Crippen LogP contribution in [0.4, 0.5) is 5.69 Å². The number of rotatable bonds is 4. The fourth-order valence-corrected chi connectivity index (χ4v) is 2.88. The van der Waals surface area contributed by atoms with Crippen LogP contribution in [0, 0.1) is 5.92 Å². The van der Waals surface area contributed by atoms with Gasteiger partial charge < -0.3 is 9.64 Å². The molecule has 1 aromatic carbocycles. The Morgan fingerprint density at radius 2 is 2.28 bits per heavy atom. The van der Waals surface area contributed by atoms with E-state index in [0.717, 1.165) is 30.3 Å². The molecule has 2 nitrogen and oxygen atoms in total. The third kappa shape index (κ3) is 3.53. The summed E-state index contributed by atoms with van der Waals surface area (Å²) in [7, 11) is 2.11. The summed E-state index contributed by atoms with van der Waals surface area (Å²) in [5.41, 5.74) is 2.25. The van der Waals surface area contributed by atoms with Crippen LogP contribution in [0.2, 0.25) is 5.02 Å². The summed E-state index contributed by atoms with van der Waals surface area (Å²) < 4.78 is 5.52. The molecule has 1 aliphatic heterocycles. The summed E-state index contributed by atoms with van der Waals surface area (Å²) in [6, 6.07) is 5.91.